The molecule has 0 aromatic carbocycles. The molecular formula is C19H22ClN5O4S. The molecule has 3 aromatic rings. The van der Waals surface area contributed by atoms with Crippen LogP contribution in [0.1, 0.15) is 31.0 Å². The molecule has 0 fully saturated rings. The Labute approximate surface area is 179 Å². The Bertz CT molecular complexity index is 1210. The second kappa shape index (κ2) is 8.99. The maximum atomic E-state index is 12.1. The Morgan fingerprint density at radius 3 is 2.90 bits per heavy atom. The zero-order chi connectivity index (χ0) is 21.9. The number of nitrogens with zero attached hydrogens (tertiary/aromatic N) is 4. The summed E-state index contributed by atoms with van der Waals surface area (Å²) in [5.74, 6) is -0.191. The second-order valence-electron chi connectivity index (χ2n) is 6.60. The summed E-state index contributed by atoms with van der Waals surface area (Å²) in [7, 11) is -2.40. The van der Waals surface area contributed by atoms with E-state index in [0.29, 0.717) is 34.2 Å². The van der Waals surface area contributed by atoms with Crippen LogP contribution in [0.15, 0.2) is 30.6 Å². The Hall–Kier alpha value is -2.69. The number of aromatic nitrogens is 4. The van der Waals surface area contributed by atoms with Gasteiger partial charge in [0, 0.05) is 36.5 Å². The van der Waals surface area contributed by atoms with Crippen molar-refractivity contribution in [1.29, 1.82) is 0 Å². The van der Waals surface area contributed by atoms with Crippen molar-refractivity contribution in [2.75, 3.05) is 6.61 Å². The van der Waals surface area contributed by atoms with E-state index in [9.17, 15) is 13.2 Å². The van der Waals surface area contributed by atoms with E-state index in [4.69, 9.17) is 15.8 Å². The molecule has 11 heteroatoms. The summed E-state index contributed by atoms with van der Waals surface area (Å²) in [6.07, 6.45) is 7.35. The van der Waals surface area contributed by atoms with Crippen LogP contribution < -0.4 is 4.72 Å². The Kier molecular flexibility index (Phi) is 6.59. The summed E-state index contributed by atoms with van der Waals surface area (Å²) in [6.45, 7) is 3.71. The van der Waals surface area contributed by atoms with Crippen molar-refractivity contribution in [2.24, 2.45) is 7.05 Å². The van der Waals surface area contributed by atoms with Crippen LogP contribution in [0.25, 0.3) is 22.9 Å². The molecule has 1 amide bonds. The molecule has 0 saturated carbocycles. The molecule has 0 aliphatic carbocycles. The van der Waals surface area contributed by atoms with Gasteiger partial charge in [-0.25, -0.2) is 9.71 Å². The van der Waals surface area contributed by atoms with Crippen molar-refractivity contribution >= 4 is 44.9 Å². The fourth-order valence-corrected chi connectivity index (χ4v) is 3.94. The first-order chi connectivity index (χ1) is 14.2. The van der Waals surface area contributed by atoms with Gasteiger partial charge in [0.05, 0.1) is 17.3 Å². The number of aryl methyl sites for hydroxylation is 2. The van der Waals surface area contributed by atoms with Crippen LogP contribution in [0.3, 0.4) is 0 Å². The number of halogens is 1. The highest BCUT2D eigenvalue weighted by molar-refractivity contribution is 7.85. The molecule has 160 valence electrons. The van der Waals surface area contributed by atoms with E-state index in [2.05, 4.69) is 10.1 Å². The molecule has 9 nitrogen and oxygen atoms in total. The van der Waals surface area contributed by atoms with E-state index >= 15 is 0 Å². The van der Waals surface area contributed by atoms with Crippen LogP contribution in [0.2, 0.25) is 5.02 Å². The van der Waals surface area contributed by atoms with Crippen molar-refractivity contribution < 1.29 is 17.4 Å². The number of pyridine rings is 1. The van der Waals surface area contributed by atoms with Gasteiger partial charge in [-0.3, -0.25) is 18.2 Å². The predicted octanol–water partition coefficient (Wildman–Crippen LogP) is 2.91. The first-order valence-corrected chi connectivity index (χ1v) is 11.1. The van der Waals surface area contributed by atoms with Crippen molar-refractivity contribution in [2.45, 2.75) is 26.7 Å². The lowest BCUT2D eigenvalue weighted by Crippen LogP contribution is -2.30. The zero-order valence-corrected chi connectivity index (χ0v) is 18.4. The zero-order valence-electron chi connectivity index (χ0n) is 16.8. The van der Waals surface area contributed by atoms with Crippen LogP contribution >= 0.6 is 11.6 Å². The quantitative estimate of drug-likeness (QED) is 0.416. The van der Waals surface area contributed by atoms with E-state index in [0.717, 1.165) is 17.9 Å². The molecule has 0 aliphatic heterocycles. The number of unbranched alkanes of at least 4 members (excludes halogenated alkanes) is 1. The molecule has 0 spiro atoms. The van der Waals surface area contributed by atoms with Crippen molar-refractivity contribution in [1.82, 2.24) is 24.1 Å². The van der Waals surface area contributed by atoms with Gasteiger partial charge in [0.25, 0.3) is 5.91 Å². The molecule has 30 heavy (non-hydrogen) atoms. The van der Waals surface area contributed by atoms with Gasteiger partial charge in [-0.1, -0.05) is 24.9 Å². The minimum atomic E-state index is -4.15. The summed E-state index contributed by atoms with van der Waals surface area (Å²) >= 11 is 6.34. The monoisotopic (exact) mass is 451 g/mol. The average Bonchev–Trinajstić information content (AvgIpc) is 3.15. The molecule has 1 N–H and O–H groups in total. The highest BCUT2D eigenvalue weighted by Gasteiger charge is 2.18. The number of carbonyl (C=O) groups is 1. The molecular weight excluding hydrogens is 430 g/mol. The number of rotatable bonds is 8. The summed E-state index contributed by atoms with van der Waals surface area (Å²) in [5.41, 5.74) is 1.90. The van der Waals surface area contributed by atoms with Gasteiger partial charge >= 0.3 is 10.3 Å². The first kappa shape index (κ1) is 22.0. The number of amides is 1. The summed E-state index contributed by atoms with van der Waals surface area (Å²) in [4.78, 5) is 16.5. The Balaban J connectivity index is 1.90. The molecule has 0 atom stereocenters. The van der Waals surface area contributed by atoms with Crippen LogP contribution in [0.5, 0.6) is 0 Å². The van der Waals surface area contributed by atoms with Gasteiger partial charge in [0.1, 0.15) is 11.5 Å². The van der Waals surface area contributed by atoms with E-state index < -0.39 is 16.2 Å². The third kappa shape index (κ3) is 4.72. The molecule has 0 radical (unpaired) electrons. The van der Waals surface area contributed by atoms with E-state index in [1.807, 2.05) is 17.7 Å². The standard InChI is InChI=1S/C19H22ClN5O4S/c1-4-5-11-29-30(27,28)23-17(26)9-8-14-13(2)22-24(3)19(14)25-12-16(20)15-7-6-10-21-18(15)25/h6-10,12H,4-5,11H2,1-3H3,(H,23,26)/b9-8+. The van der Waals surface area contributed by atoms with Crippen LogP contribution in [0.4, 0.5) is 0 Å². The number of hydrogen-bond acceptors (Lipinski definition) is 6. The van der Waals surface area contributed by atoms with E-state index in [1.54, 1.807) is 41.7 Å². The fourth-order valence-electron chi connectivity index (χ4n) is 2.98. The summed E-state index contributed by atoms with van der Waals surface area (Å²) in [5, 5.41) is 5.71. The highest BCUT2D eigenvalue weighted by Crippen LogP contribution is 2.29. The second-order valence-corrected chi connectivity index (χ2v) is 8.35. The van der Waals surface area contributed by atoms with Crippen molar-refractivity contribution in [3.05, 3.63) is 46.9 Å². The molecule has 0 saturated heterocycles. The summed E-state index contributed by atoms with van der Waals surface area (Å²) < 4.78 is 33.6. The Morgan fingerprint density at radius 2 is 2.17 bits per heavy atom. The lowest BCUT2D eigenvalue weighted by molar-refractivity contribution is -0.114. The first-order valence-electron chi connectivity index (χ1n) is 9.28. The third-order valence-electron chi connectivity index (χ3n) is 4.34. The SMILES string of the molecule is CCCCOS(=O)(=O)NC(=O)/C=C/c1c(C)nn(C)c1-n1cc(Cl)c2cccnc21. The molecule has 3 aromatic heterocycles. The normalized spacial score (nSPS) is 12.1. The Morgan fingerprint density at radius 1 is 1.40 bits per heavy atom. The van der Waals surface area contributed by atoms with Gasteiger partial charge in [-0.05, 0) is 31.6 Å². The van der Waals surface area contributed by atoms with E-state index in [-0.39, 0.29) is 6.61 Å². The minimum absolute atomic E-state index is 0.0170. The number of hydrogen-bond donors (Lipinski definition) is 1. The van der Waals surface area contributed by atoms with Gasteiger partial charge in [0.15, 0.2) is 0 Å². The molecule has 3 heterocycles. The average molecular weight is 452 g/mol. The minimum Gasteiger partial charge on any atom is -0.284 e. The fraction of sp³-hybridized carbons (Fsp3) is 0.316. The lowest BCUT2D eigenvalue weighted by Gasteiger charge is -2.07. The largest absolute Gasteiger partial charge is 0.362 e. The van der Waals surface area contributed by atoms with Gasteiger partial charge < -0.3 is 0 Å². The third-order valence-corrected chi connectivity index (χ3v) is 5.57. The van der Waals surface area contributed by atoms with Crippen LogP contribution in [-0.2, 0) is 26.3 Å². The van der Waals surface area contributed by atoms with Gasteiger partial charge in [-0.15, -0.1) is 0 Å². The maximum absolute atomic E-state index is 12.1. The van der Waals surface area contributed by atoms with Crippen LogP contribution in [-0.4, -0.2) is 40.3 Å². The molecule has 0 unspecified atom stereocenters. The predicted molar refractivity (Wildman–Crippen MR) is 115 cm³/mol. The number of nitrogens with one attached hydrogen (secondary N) is 1. The molecule has 0 aliphatic rings. The highest BCUT2D eigenvalue weighted by atomic mass is 35.5. The van der Waals surface area contributed by atoms with Gasteiger partial charge in [-0.2, -0.15) is 13.5 Å². The number of carbonyl (C=O) groups excluding carboxylic acids is 1. The van der Waals surface area contributed by atoms with Crippen LogP contribution in [0, 0.1) is 6.92 Å². The molecule has 3 rings (SSSR count). The maximum Gasteiger partial charge on any atom is 0.362 e. The van der Waals surface area contributed by atoms with Crippen molar-refractivity contribution in [3.63, 3.8) is 0 Å². The lowest BCUT2D eigenvalue weighted by atomic mass is 10.2. The smallest absolute Gasteiger partial charge is 0.284 e. The molecule has 0 bridgehead atoms. The number of fused-ring (bicyclic) bond motifs is 1. The van der Waals surface area contributed by atoms with Crippen molar-refractivity contribution in [3.8, 4) is 5.82 Å². The summed E-state index contributed by atoms with van der Waals surface area (Å²) in [6, 6.07) is 3.65. The topological polar surface area (TPSA) is 108 Å². The van der Waals surface area contributed by atoms with E-state index in [1.165, 1.54) is 6.08 Å². The van der Waals surface area contributed by atoms with Gasteiger partial charge in [0.2, 0.25) is 0 Å².